The normalized spacial score (nSPS) is 15.4. The molecule has 1 N–H and O–H groups in total. The van der Waals surface area contributed by atoms with Gasteiger partial charge in [-0.2, -0.15) is 0 Å². The van der Waals surface area contributed by atoms with Crippen LogP contribution >= 0.6 is 11.3 Å². The topological polar surface area (TPSA) is 56.7 Å². The van der Waals surface area contributed by atoms with Gasteiger partial charge in [-0.05, 0) is 32.9 Å². The smallest absolute Gasteiger partial charge is 0.194 e. The van der Waals surface area contributed by atoms with Crippen LogP contribution in [0.3, 0.4) is 0 Å². The molecular weight excluding hydrogens is 344 g/mol. The Morgan fingerprint density at radius 1 is 1.23 bits per heavy atom. The van der Waals surface area contributed by atoms with Crippen molar-refractivity contribution in [2.75, 3.05) is 44.2 Å². The van der Waals surface area contributed by atoms with Crippen molar-refractivity contribution in [1.29, 1.82) is 0 Å². The molecule has 0 aliphatic carbocycles. The molecule has 2 aromatic rings. The Morgan fingerprint density at radius 2 is 2.04 bits per heavy atom. The van der Waals surface area contributed by atoms with E-state index in [1.54, 1.807) is 11.3 Å². The maximum Gasteiger partial charge on any atom is 0.194 e. The van der Waals surface area contributed by atoms with Crippen LogP contribution in [0.2, 0.25) is 0 Å². The lowest BCUT2D eigenvalue weighted by atomic mass is 10.3. The Kier molecular flexibility index (Phi) is 6.44. The predicted molar refractivity (Wildman–Crippen MR) is 109 cm³/mol. The summed E-state index contributed by atoms with van der Waals surface area (Å²) in [5.74, 6) is 2.08. The zero-order chi connectivity index (χ0) is 18.4. The third-order valence-electron chi connectivity index (χ3n) is 4.49. The van der Waals surface area contributed by atoms with E-state index < -0.39 is 0 Å². The number of nitrogens with zero attached hydrogens (tertiary/aromatic N) is 5. The first-order valence-electron chi connectivity index (χ1n) is 9.29. The first kappa shape index (κ1) is 18.6. The predicted octanol–water partition coefficient (Wildman–Crippen LogP) is 2.49. The van der Waals surface area contributed by atoms with Crippen LogP contribution in [0.1, 0.15) is 22.5 Å². The summed E-state index contributed by atoms with van der Waals surface area (Å²) >= 11 is 1.78. The van der Waals surface area contributed by atoms with Gasteiger partial charge in [0.15, 0.2) is 5.96 Å². The van der Waals surface area contributed by atoms with Gasteiger partial charge in [-0.3, -0.25) is 4.99 Å². The number of aryl methyl sites for hydroxylation is 2. The van der Waals surface area contributed by atoms with E-state index in [0.29, 0.717) is 0 Å². The van der Waals surface area contributed by atoms with E-state index in [1.165, 1.54) is 4.88 Å². The summed E-state index contributed by atoms with van der Waals surface area (Å²) in [5, 5.41) is 4.58. The van der Waals surface area contributed by atoms with Gasteiger partial charge in [0, 0.05) is 56.8 Å². The van der Waals surface area contributed by atoms with E-state index >= 15 is 0 Å². The van der Waals surface area contributed by atoms with Crippen molar-refractivity contribution < 1.29 is 0 Å². The van der Waals surface area contributed by atoms with Crippen LogP contribution < -0.4 is 10.2 Å². The van der Waals surface area contributed by atoms with Crippen molar-refractivity contribution in [3.8, 4) is 0 Å². The lowest BCUT2D eigenvalue weighted by Gasteiger charge is -2.37. The number of hydrogen-bond acceptors (Lipinski definition) is 5. The molecular formula is C19H28N6S. The highest BCUT2D eigenvalue weighted by molar-refractivity contribution is 7.11. The van der Waals surface area contributed by atoms with Gasteiger partial charge in [0.2, 0.25) is 0 Å². The second kappa shape index (κ2) is 8.98. The maximum absolute atomic E-state index is 4.86. The second-order valence-corrected chi connectivity index (χ2v) is 7.68. The lowest BCUT2D eigenvalue weighted by molar-refractivity contribution is 0.371. The third kappa shape index (κ3) is 4.72. The number of anilines is 1. The average molecular weight is 373 g/mol. The van der Waals surface area contributed by atoms with Crippen LogP contribution in [0.15, 0.2) is 29.4 Å². The number of nitrogens with one attached hydrogen (secondary N) is 1. The summed E-state index contributed by atoms with van der Waals surface area (Å²) in [6.07, 6.45) is 2.82. The summed E-state index contributed by atoms with van der Waals surface area (Å²) in [7, 11) is 0. The van der Waals surface area contributed by atoms with E-state index in [4.69, 9.17) is 4.99 Å². The summed E-state index contributed by atoms with van der Waals surface area (Å²) in [4.78, 5) is 19.9. The average Bonchev–Trinajstić information content (AvgIpc) is 2.99. The molecule has 0 saturated carbocycles. The molecule has 0 radical (unpaired) electrons. The van der Waals surface area contributed by atoms with Gasteiger partial charge in [0.1, 0.15) is 5.82 Å². The van der Waals surface area contributed by atoms with Crippen LogP contribution in [-0.4, -0.2) is 60.1 Å². The summed E-state index contributed by atoms with van der Waals surface area (Å²) in [5.41, 5.74) is 1.15. The van der Waals surface area contributed by atoms with Crippen molar-refractivity contribution in [2.45, 2.75) is 27.2 Å². The van der Waals surface area contributed by atoms with E-state index in [0.717, 1.165) is 68.2 Å². The fourth-order valence-corrected chi connectivity index (χ4v) is 4.11. The molecule has 3 rings (SSSR count). The van der Waals surface area contributed by atoms with Gasteiger partial charge >= 0.3 is 0 Å². The number of guanidine groups is 1. The van der Waals surface area contributed by atoms with Crippen LogP contribution in [0.25, 0.3) is 0 Å². The van der Waals surface area contributed by atoms with Gasteiger partial charge in [-0.1, -0.05) is 6.07 Å². The standard InChI is InChI=1S/C19H28N6S/c1-4-20-19(22-10-8-17-15(2)23-16(3)26-17)25-13-11-24(12-14-25)18-7-5-6-9-21-18/h5-7,9H,4,8,10-14H2,1-3H3,(H,20,22). The SMILES string of the molecule is CCNC(=NCCc1sc(C)nc1C)N1CCN(c2ccccn2)CC1. The van der Waals surface area contributed by atoms with E-state index in [9.17, 15) is 0 Å². The second-order valence-electron chi connectivity index (χ2n) is 6.39. The van der Waals surface area contributed by atoms with Gasteiger partial charge in [0.25, 0.3) is 0 Å². The van der Waals surface area contributed by atoms with Crippen molar-refractivity contribution in [1.82, 2.24) is 20.2 Å². The Bertz CT molecular complexity index is 719. The molecule has 0 spiro atoms. The molecule has 1 saturated heterocycles. The highest BCUT2D eigenvalue weighted by Gasteiger charge is 2.20. The van der Waals surface area contributed by atoms with Gasteiger partial charge in [-0.25, -0.2) is 9.97 Å². The van der Waals surface area contributed by atoms with Gasteiger partial charge in [0.05, 0.1) is 10.7 Å². The minimum Gasteiger partial charge on any atom is -0.357 e. The molecule has 0 atom stereocenters. The molecule has 26 heavy (non-hydrogen) atoms. The van der Waals surface area contributed by atoms with E-state index in [-0.39, 0.29) is 0 Å². The quantitative estimate of drug-likeness (QED) is 0.645. The van der Waals surface area contributed by atoms with Crippen LogP contribution in [0.4, 0.5) is 5.82 Å². The number of aromatic nitrogens is 2. The molecule has 6 nitrogen and oxygen atoms in total. The van der Waals surface area contributed by atoms with E-state index in [1.807, 2.05) is 18.3 Å². The molecule has 1 aliphatic rings. The fourth-order valence-electron chi connectivity index (χ4n) is 3.18. The summed E-state index contributed by atoms with van der Waals surface area (Å²) in [6.45, 7) is 11.8. The van der Waals surface area contributed by atoms with Crippen molar-refractivity contribution in [3.05, 3.63) is 40.0 Å². The molecule has 1 fully saturated rings. The maximum atomic E-state index is 4.86. The number of pyridine rings is 1. The number of hydrogen-bond donors (Lipinski definition) is 1. The first-order valence-corrected chi connectivity index (χ1v) is 10.1. The Balaban J connectivity index is 1.57. The van der Waals surface area contributed by atoms with E-state index in [2.05, 4.69) is 51.9 Å². The largest absolute Gasteiger partial charge is 0.357 e. The van der Waals surface area contributed by atoms with Crippen LogP contribution in [-0.2, 0) is 6.42 Å². The fraction of sp³-hybridized carbons (Fsp3) is 0.526. The Morgan fingerprint density at radius 3 is 2.65 bits per heavy atom. The number of aliphatic imine (C=N–C) groups is 1. The number of thiazole rings is 1. The zero-order valence-corrected chi connectivity index (χ0v) is 16.7. The third-order valence-corrected chi connectivity index (χ3v) is 5.62. The van der Waals surface area contributed by atoms with Gasteiger partial charge in [-0.15, -0.1) is 11.3 Å². The minimum atomic E-state index is 0.797. The zero-order valence-electron chi connectivity index (χ0n) is 15.9. The summed E-state index contributed by atoms with van der Waals surface area (Å²) in [6, 6.07) is 6.08. The molecule has 3 heterocycles. The monoisotopic (exact) mass is 372 g/mol. The van der Waals surface area contributed by atoms with Crippen molar-refractivity contribution >= 4 is 23.1 Å². The van der Waals surface area contributed by atoms with Crippen molar-refractivity contribution in [2.24, 2.45) is 4.99 Å². The highest BCUT2D eigenvalue weighted by atomic mass is 32.1. The molecule has 2 aromatic heterocycles. The molecule has 1 aliphatic heterocycles. The molecule has 140 valence electrons. The van der Waals surface area contributed by atoms with Gasteiger partial charge < -0.3 is 15.1 Å². The lowest BCUT2D eigenvalue weighted by Crippen LogP contribution is -2.52. The molecule has 7 heteroatoms. The molecule has 0 unspecified atom stereocenters. The molecule has 0 amide bonds. The highest BCUT2D eigenvalue weighted by Crippen LogP contribution is 2.17. The van der Waals surface area contributed by atoms with Crippen molar-refractivity contribution in [3.63, 3.8) is 0 Å². The number of piperazine rings is 1. The Hall–Kier alpha value is -2.15. The first-order chi connectivity index (χ1) is 12.7. The van der Waals surface area contributed by atoms with Crippen LogP contribution in [0.5, 0.6) is 0 Å². The number of rotatable bonds is 5. The summed E-state index contributed by atoms with van der Waals surface area (Å²) < 4.78 is 0. The Labute approximate surface area is 160 Å². The van der Waals surface area contributed by atoms with Crippen LogP contribution in [0, 0.1) is 13.8 Å². The molecule has 0 bridgehead atoms. The minimum absolute atomic E-state index is 0.797. The molecule has 0 aromatic carbocycles.